The minimum atomic E-state index is -0.540. The zero-order valence-corrected chi connectivity index (χ0v) is 14.5. The maximum atomic E-state index is 12.7. The number of likely N-dealkylation sites (N-methyl/N-ethyl adjacent to an activating group) is 1. The van der Waals surface area contributed by atoms with Crippen LogP contribution in [0.25, 0.3) is 11.4 Å². The van der Waals surface area contributed by atoms with Crippen LogP contribution in [-0.2, 0) is 4.79 Å². The topological polar surface area (TPSA) is 82.8 Å². The Morgan fingerprint density at radius 3 is 2.72 bits per heavy atom. The van der Waals surface area contributed by atoms with E-state index in [0.717, 1.165) is 12.1 Å². The predicted molar refractivity (Wildman–Crippen MR) is 90.5 cm³/mol. The second kappa shape index (κ2) is 7.02. The Balaban J connectivity index is 1.73. The van der Waals surface area contributed by atoms with E-state index < -0.39 is 11.9 Å². The van der Waals surface area contributed by atoms with Gasteiger partial charge in [0, 0.05) is 18.7 Å². The molecule has 132 valence electrons. The summed E-state index contributed by atoms with van der Waals surface area (Å²) in [7, 11) is 3.88. The third-order valence-electron chi connectivity index (χ3n) is 4.18. The number of rotatable bonds is 5. The van der Waals surface area contributed by atoms with Crippen LogP contribution in [0.3, 0.4) is 0 Å². The summed E-state index contributed by atoms with van der Waals surface area (Å²) in [5, 5.41) is 3.86. The fourth-order valence-electron chi connectivity index (χ4n) is 2.65. The van der Waals surface area contributed by atoms with Crippen molar-refractivity contribution in [1.29, 1.82) is 0 Å². The fraction of sp³-hybridized carbons (Fsp3) is 0.412. The van der Waals surface area contributed by atoms with Gasteiger partial charge in [0.05, 0.1) is 6.67 Å². The Hall–Kier alpha value is -2.74. The van der Waals surface area contributed by atoms with Crippen molar-refractivity contribution in [2.45, 2.75) is 13.0 Å². The van der Waals surface area contributed by atoms with Gasteiger partial charge >= 0.3 is 11.8 Å². The second-order valence-electron chi connectivity index (χ2n) is 6.29. The van der Waals surface area contributed by atoms with Crippen LogP contribution in [0.1, 0.15) is 17.6 Å². The molecule has 1 unspecified atom stereocenters. The van der Waals surface area contributed by atoms with Gasteiger partial charge in [0.15, 0.2) is 0 Å². The summed E-state index contributed by atoms with van der Waals surface area (Å²) >= 11 is 0. The molecule has 2 aromatic rings. The molecule has 0 N–H and O–H groups in total. The van der Waals surface area contributed by atoms with E-state index in [0.29, 0.717) is 12.4 Å². The van der Waals surface area contributed by atoms with E-state index in [-0.39, 0.29) is 18.5 Å². The van der Waals surface area contributed by atoms with E-state index >= 15 is 0 Å². The zero-order valence-electron chi connectivity index (χ0n) is 14.5. The highest BCUT2D eigenvalue weighted by atomic mass is 16.5. The van der Waals surface area contributed by atoms with Gasteiger partial charge < -0.3 is 19.2 Å². The molecule has 1 aromatic carbocycles. The van der Waals surface area contributed by atoms with E-state index in [4.69, 9.17) is 4.52 Å². The molecule has 1 fully saturated rings. The van der Waals surface area contributed by atoms with Crippen LogP contribution >= 0.6 is 0 Å². The first kappa shape index (κ1) is 17.1. The summed E-state index contributed by atoms with van der Waals surface area (Å²) in [5.74, 6) is -0.250. The molecule has 0 saturated carbocycles. The lowest BCUT2D eigenvalue weighted by molar-refractivity contribution is -0.128. The molecule has 1 saturated heterocycles. The Bertz CT molecular complexity index is 759. The number of hydrogen-bond donors (Lipinski definition) is 0. The number of carbonyl (C=O) groups is 2. The third-order valence-corrected chi connectivity index (χ3v) is 4.18. The van der Waals surface area contributed by atoms with Crippen molar-refractivity contribution < 1.29 is 14.1 Å². The van der Waals surface area contributed by atoms with Crippen LogP contribution in [0.4, 0.5) is 0 Å². The molecule has 1 aromatic heterocycles. The molecule has 25 heavy (non-hydrogen) atoms. The highest BCUT2D eigenvalue weighted by Crippen LogP contribution is 2.20. The Kier molecular flexibility index (Phi) is 4.80. The monoisotopic (exact) mass is 343 g/mol. The van der Waals surface area contributed by atoms with Gasteiger partial charge in [-0.3, -0.25) is 9.59 Å². The SMILES string of the molecule is CC1C(=O)N(CCN(C)C)CN1C(=O)c1nc(-c2ccccc2)no1. The molecule has 1 atom stereocenters. The lowest BCUT2D eigenvalue weighted by Crippen LogP contribution is -2.36. The summed E-state index contributed by atoms with van der Waals surface area (Å²) in [5.41, 5.74) is 0.767. The molecule has 0 radical (unpaired) electrons. The Morgan fingerprint density at radius 2 is 2.04 bits per heavy atom. The normalized spacial score (nSPS) is 17.6. The molecular weight excluding hydrogens is 322 g/mol. The highest BCUT2D eigenvalue weighted by molar-refractivity contribution is 5.96. The zero-order chi connectivity index (χ0) is 18.0. The van der Waals surface area contributed by atoms with Crippen molar-refractivity contribution in [3.05, 3.63) is 36.2 Å². The van der Waals surface area contributed by atoms with Crippen LogP contribution in [0.2, 0.25) is 0 Å². The highest BCUT2D eigenvalue weighted by Gasteiger charge is 2.40. The molecule has 0 bridgehead atoms. The summed E-state index contributed by atoms with van der Waals surface area (Å²) in [4.78, 5) is 34.3. The van der Waals surface area contributed by atoms with Crippen molar-refractivity contribution in [1.82, 2.24) is 24.8 Å². The maximum absolute atomic E-state index is 12.7. The van der Waals surface area contributed by atoms with E-state index in [1.807, 2.05) is 49.3 Å². The summed E-state index contributed by atoms with van der Waals surface area (Å²) < 4.78 is 5.12. The van der Waals surface area contributed by atoms with Gasteiger partial charge in [0.1, 0.15) is 6.04 Å². The molecule has 8 heteroatoms. The van der Waals surface area contributed by atoms with Crippen molar-refractivity contribution in [2.24, 2.45) is 0 Å². The van der Waals surface area contributed by atoms with E-state index in [1.165, 1.54) is 4.90 Å². The summed E-state index contributed by atoms with van der Waals surface area (Å²) in [6, 6.07) is 8.74. The van der Waals surface area contributed by atoms with Crippen molar-refractivity contribution in [3.63, 3.8) is 0 Å². The molecule has 0 spiro atoms. The molecule has 3 rings (SSSR count). The van der Waals surface area contributed by atoms with Crippen LogP contribution < -0.4 is 0 Å². The number of aromatic nitrogens is 2. The Morgan fingerprint density at radius 1 is 1.32 bits per heavy atom. The Labute approximate surface area is 146 Å². The molecule has 0 aliphatic carbocycles. The summed E-state index contributed by atoms with van der Waals surface area (Å²) in [6.45, 7) is 3.25. The lowest BCUT2D eigenvalue weighted by Gasteiger charge is -2.19. The van der Waals surface area contributed by atoms with E-state index in [9.17, 15) is 9.59 Å². The molecule has 8 nitrogen and oxygen atoms in total. The predicted octanol–water partition coefficient (Wildman–Crippen LogP) is 0.929. The van der Waals surface area contributed by atoms with Gasteiger partial charge in [-0.25, -0.2) is 0 Å². The first-order chi connectivity index (χ1) is 12.0. The van der Waals surface area contributed by atoms with Crippen LogP contribution in [0, 0.1) is 0 Å². The van der Waals surface area contributed by atoms with Crippen molar-refractivity contribution in [2.75, 3.05) is 33.9 Å². The van der Waals surface area contributed by atoms with Gasteiger partial charge in [-0.05, 0) is 21.0 Å². The number of carbonyl (C=O) groups excluding carboxylic acids is 2. The first-order valence-corrected chi connectivity index (χ1v) is 8.11. The smallest absolute Gasteiger partial charge is 0.316 e. The van der Waals surface area contributed by atoms with Crippen molar-refractivity contribution >= 4 is 11.8 Å². The molecule has 1 aliphatic heterocycles. The standard InChI is InChI=1S/C17H21N5O3/c1-12-16(23)21(10-9-20(2)3)11-22(12)17(24)15-18-14(19-25-15)13-7-5-4-6-8-13/h4-8,12H,9-11H2,1-3H3. The first-order valence-electron chi connectivity index (χ1n) is 8.11. The maximum Gasteiger partial charge on any atom is 0.316 e. The minimum Gasteiger partial charge on any atom is -0.328 e. The fourth-order valence-corrected chi connectivity index (χ4v) is 2.65. The van der Waals surface area contributed by atoms with Crippen LogP contribution in [0.15, 0.2) is 34.9 Å². The molecular formula is C17H21N5O3. The lowest BCUT2D eigenvalue weighted by atomic mass is 10.2. The average Bonchev–Trinajstić information content (AvgIpc) is 3.20. The van der Waals surface area contributed by atoms with E-state index in [1.54, 1.807) is 11.8 Å². The molecule has 2 amide bonds. The number of nitrogens with zero attached hydrogens (tertiary/aromatic N) is 5. The number of hydrogen-bond acceptors (Lipinski definition) is 6. The number of amides is 2. The van der Waals surface area contributed by atoms with Crippen molar-refractivity contribution in [3.8, 4) is 11.4 Å². The van der Waals surface area contributed by atoms with Crippen LogP contribution in [0.5, 0.6) is 0 Å². The minimum absolute atomic E-state index is 0.0713. The average molecular weight is 343 g/mol. The quantitative estimate of drug-likeness (QED) is 0.803. The van der Waals surface area contributed by atoms with Crippen LogP contribution in [-0.4, -0.2) is 76.6 Å². The van der Waals surface area contributed by atoms with Gasteiger partial charge in [0.2, 0.25) is 11.7 Å². The second-order valence-corrected chi connectivity index (χ2v) is 6.29. The molecule has 1 aliphatic rings. The van der Waals surface area contributed by atoms with Gasteiger partial charge in [-0.1, -0.05) is 35.5 Å². The van der Waals surface area contributed by atoms with Gasteiger partial charge in [-0.15, -0.1) is 0 Å². The van der Waals surface area contributed by atoms with E-state index in [2.05, 4.69) is 10.1 Å². The summed E-state index contributed by atoms with van der Waals surface area (Å²) in [6.07, 6.45) is 0. The van der Waals surface area contributed by atoms with Gasteiger partial charge in [-0.2, -0.15) is 4.98 Å². The molecule has 2 heterocycles. The van der Waals surface area contributed by atoms with Gasteiger partial charge in [0.25, 0.3) is 0 Å². The third kappa shape index (κ3) is 3.53. The number of benzene rings is 1. The largest absolute Gasteiger partial charge is 0.328 e.